The molecule has 1 aromatic heterocycles. The molecule has 1 aromatic rings. The Bertz CT molecular complexity index is 780. The van der Waals surface area contributed by atoms with Crippen molar-refractivity contribution < 1.29 is 14.4 Å². The first-order valence-corrected chi connectivity index (χ1v) is 10.3. The van der Waals surface area contributed by atoms with E-state index in [4.69, 9.17) is 0 Å². The molecule has 1 N–H and O–H groups in total. The van der Waals surface area contributed by atoms with Crippen LogP contribution in [0.2, 0.25) is 0 Å². The number of hydrogen-bond donors (Lipinski definition) is 1. The highest BCUT2D eigenvalue weighted by atomic mass is 32.2. The van der Waals surface area contributed by atoms with E-state index < -0.39 is 0 Å². The van der Waals surface area contributed by atoms with Crippen LogP contribution < -0.4 is 5.32 Å². The second kappa shape index (κ2) is 7.84. The van der Waals surface area contributed by atoms with Gasteiger partial charge in [-0.25, -0.2) is 0 Å². The van der Waals surface area contributed by atoms with E-state index in [2.05, 4.69) is 10.3 Å². The minimum atomic E-state index is -0.309. The fraction of sp³-hybridized carbons (Fsp3) is 0.500. The molecule has 142 valence electrons. The Labute approximate surface area is 162 Å². The van der Waals surface area contributed by atoms with E-state index in [1.165, 1.54) is 30.6 Å². The van der Waals surface area contributed by atoms with Gasteiger partial charge in [0, 0.05) is 31.9 Å². The topological polar surface area (TPSA) is 79.4 Å². The maximum absolute atomic E-state index is 12.4. The molecule has 7 heteroatoms. The molecule has 2 heterocycles. The van der Waals surface area contributed by atoms with Gasteiger partial charge in [-0.05, 0) is 66.5 Å². The maximum Gasteiger partial charge on any atom is 0.293 e. The van der Waals surface area contributed by atoms with Gasteiger partial charge in [0.15, 0.2) is 0 Å². The van der Waals surface area contributed by atoms with Gasteiger partial charge < -0.3 is 5.32 Å². The van der Waals surface area contributed by atoms with Crippen LogP contribution in [0.5, 0.6) is 0 Å². The van der Waals surface area contributed by atoms with Crippen LogP contribution in [0, 0.1) is 17.8 Å². The van der Waals surface area contributed by atoms with Gasteiger partial charge in [0.05, 0.1) is 4.91 Å². The molecule has 1 aliphatic heterocycles. The highest BCUT2D eigenvalue weighted by molar-refractivity contribution is 8.18. The van der Waals surface area contributed by atoms with E-state index in [1.807, 2.05) is 6.07 Å². The van der Waals surface area contributed by atoms with Gasteiger partial charge in [0.25, 0.3) is 11.1 Å². The van der Waals surface area contributed by atoms with Crippen molar-refractivity contribution in [1.82, 2.24) is 15.2 Å². The number of imide groups is 1. The molecule has 3 amide bonds. The van der Waals surface area contributed by atoms with Crippen molar-refractivity contribution in [3.8, 4) is 0 Å². The van der Waals surface area contributed by atoms with Gasteiger partial charge in [-0.1, -0.05) is 12.5 Å². The predicted octanol–water partition coefficient (Wildman–Crippen LogP) is 3.06. The van der Waals surface area contributed by atoms with Crippen LogP contribution in [0.15, 0.2) is 29.4 Å². The van der Waals surface area contributed by atoms with E-state index in [0.717, 1.165) is 29.2 Å². The monoisotopic (exact) mass is 385 g/mol. The highest BCUT2D eigenvalue weighted by Gasteiger charge is 2.40. The van der Waals surface area contributed by atoms with Crippen molar-refractivity contribution in [3.63, 3.8) is 0 Å². The third-order valence-electron chi connectivity index (χ3n) is 5.85. The number of thioether (sulfide) groups is 1. The second-order valence-electron chi connectivity index (χ2n) is 7.61. The molecule has 0 aromatic carbocycles. The Hall–Kier alpha value is -2.15. The molecule has 1 saturated heterocycles. The highest BCUT2D eigenvalue weighted by Crippen LogP contribution is 2.49. The quantitative estimate of drug-likeness (QED) is 0.762. The van der Waals surface area contributed by atoms with Gasteiger partial charge in [-0.15, -0.1) is 0 Å². The number of nitrogens with zero attached hydrogens (tertiary/aromatic N) is 2. The number of pyridine rings is 1. The van der Waals surface area contributed by atoms with Crippen LogP contribution >= 0.6 is 11.8 Å². The zero-order valence-corrected chi connectivity index (χ0v) is 15.9. The molecule has 6 nitrogen and oxygen atoms in total. The Balaban J connectivity index is 1.26. The van der Waals surface area contributed by atoms with Crippen LogP contribution in [-0.4, -0.2) is 40.0 Å². The number of aromatic nitrogens is 1. The molecule has 4 rings (SSSR count). The van der Waals surface area contributed by atoms with Gasteiger partial charge in [-0.2, -0.15) is 0 Å². The lowest BCUT2D eigenvalue weighted by Crippen LogP contribution is -2.38. The first-order valence-electron chi connectivity index (χ1n) is 9.52. The number of carbonyl (C=O) groups excluding carboxylic acids is 3. The van der Waals surface area contributed by atoms with Crippen molar-refractivity contribution >= 4 is 34.9 Å². The van der Waals surface area contributed by atoms with E-state index in [0.29, 0.717) is 23.8 Å². The van der Waals surface area contributed by atoms with Crippen LogP contribution in [0.1, 0.15) is 37.7 Å². The molecule has 3 fully saturated rings. The fourth-order valence-corrected chi connectivity index (χ4v) is 5.41. The Morgan fingerprint density at radius 3 is 2.93 bits per heavy atom. The molecule has 0 radical (unpaired) electrons. The summed E-state index contributed by atoms with van der Waals surface area (Å²) in [6.45, 7) is 0.509. The molecule has 3 atom stereocenters. The fourth-order valence-electron chi connectivity index (χ4n) is 4.55. The van der Waals surface area contributed by atoms with Crippen molar-refractivity contribution in [2.45, 2.75) is 32.1 Å². The summed E-state index contributed by atoms with van der Waals surface area (Å²) in [4.78, 5) is 42.4. The molecule has 0 unspecified atom stereocenters. The van der Waals surface area contributed by atoms with E-state index in [9.17, 15) is 14.4 Å². The lowest BCUT2D eigenvalue weighted by molar-refractivity contribution is -0.124. The molecule has 27 heavy (non-hydrogen) atoms. The first-order chi connectivity index (χ1) is 13.1. The van der Waals surface area contributed by atoms with Gasteiger partial charge in [0.1, 0.15) is 0 Å². The smallest absolute Gasteiger partial charge is 0.293 e. The average Bonchev–Trinajstić information content (AvgIpc) is 3.34. The number of amides is 3. The molecular weight excluding hydrogens is 362 g/mol. The predicted molar refractivity (Wildman–Crippen MR) is 103 cm³/mol. The zero-order valence-electron chi connectivity index (χ0n) is 15.1. The molecular formula is C20H23N3O3S. The number of carbonyl (C=O) groups is 3. The number of nitrogens with one attached hydrogen (secondary N) is 1. The normalized spacial score (nSPS) is 28.4. The standard InChI is InChI=1S/C20H23N3O3S/c24-18(11-16-9-13-3-4-15(16)8-13)22-6-7-23-19(25)17(27-20(23)26)10-14-2-1-5-21-12-14/h1-2,5,10,12-13,15-16H,3-4,6-9,11H2,(H,22,24)/b17-10-/t13-,15+,16+/m1/s1. The van der Waals surface area contributed by atoms with Gasteiger partial charge in [0.2, 0.25) is 5.91 Å². The minimum Gasteiger partial charge on any atom is -0.354 e. The summed E-state index contributed by atoms with van der Waals surface area (Å²) in [5.74, 6) is 1.79. The van der Waals surface area contributed by atoms with Crippen LogP contribution in [0.3, 0.4) is 0 Å². The van der Waals surface area contributed by atoms with Gasteiger partial charge in [-0.3, -0.25) is 24.3 Å². The van der Waals surface area contributed by atoms with Crippen LogP contribution in [0.25, 0.3) is 6.08 Å². The molecule has 0 spiro atoms. The average molecular weight is 385 g/mol. The largest absolute Gasteiger partial charge is 0.354 e. The van der Waals surface area contributed by atoms with Crippen molar-refractivity contribution in [2.24, 2.45) is 17.8 Å². The lowest BCUT2D eigenvalue weighted by atomic mass is 9.86. The first kappa shape index (κ1) is 18.2. The third kappa shape index (κ3) is 4.08. The van der Waals surface area contributed by atoms with Crippen LogP contribution in [0.4, 0.5) is 4.79 Å². The van der Waals surface area contributed by atoms with Crippen molar-refractivity contribution in [1.29, 1.82) is 0 Å². The summed E-state index contributed by atoms with van der Waals surface area (Å²) in [5.41, 5.74) is 0.780. The SMILES string of the molecule is O=C(C[C@@H]1C[C@@H]2CC[C@H]1C2)NCCN1C(=O)S/C(=C\c2cccnc2)C1=O. The maximum atomic E-state index is 12.4. The summed E-state index contributed by atoms with van der Waals surface area (Å²) in [7, 11) is 0. The minimum absolute atomic E-state index is 0.0328. The molecule has 3 aliphatic rings. The summed E-state index contributed by atoms with van der Waals surface area (Å²) in [5, 5.41) is 2.58. The summed E-state index contributed by atoms with van der Waals surface area (Å²) in [6.07, 6.45) is 10.6. The summed E-state index contributed by atoms with van der Waals surface area (Å²) in [6, 6.07) is 3.61. The zero-order chi connectivity index (χ0) is 18.8. The summed E-state index contributed by atoms with van der Waals surface area (Å²) < 4.78 is 0. The van der Waals surface area contributed by atoms with E-state index >= 15 is 0 Å². The Morgan fingerprint density at radius 1 is 1.33 bits per heavy atom. The Morgan fingerprint density at radius 2 is 2.22 bits per heavy atom. The Kier molecular flexibility index (Phi) is 5.29. The third-order valence-corrected chi connectivity index (χ3v) is 6.75. The second-order valence-corrected chi connectivity index (χ2v) is 8.60. The lowest BCUT2D eigenvalue weighted by Gasteiger charge is -2.21. The van der Waals surface area contributed by atoms with Crippen LogP contribution in [-0.2, 0) is 9.59 Å². The number of rotatable bonds is 6. The molecule has 2 bridgehead atoms. The molecule has 2 aliphatic carbocycles. The van der Waals surface area contributed by atoms with Crippen molar-refractivity contribution in [2.75, 3.05) is 13.1 Å². The molecule has 2 saturated carbocycles. The van der Waals surface area contributed by atoms with Gasteiger partial charge >= 0.3 is 0 Å². The number of hydrogen-bond acceptors (Lipinski definition) is 5. The van der Waals surface area contributed by atoms with E-state index in [1.54, 1.807) is 24.5 Å². The van der Waals surface area contributed by atoms with Crippen molar-refractivity contribution in [3.05, 3.63) is 35.0 Å². The summed E-state index contributed by atoms with van der Waals surface area (Å²) >= 11 is 0.928. The van der Waals surface area contributed by atoms with E-state index in [-0.39, 0.29) is 23.6 Å². The number of fused-ring (bicyclic) bond motifs is 2.